The van der Waals surface area contributed by atoms with Crippen molar-refractivity contribution < 1.29 is 9.53 Å². The second-order valence-electron chi connectivity index (χ2n) is 9.55. The monoisotopic (exact) mass is 432 g/mol. The second-order valence-corrected chi connectivity index (χ2v) is 9.55. The predicted octanol–water partition coefficient (Wildman–Crippen LogP) is 5.29. The number of benzene rings is 2. The van der Waals surface area contributed by atoms with Gasteiger partial charge in [-0.1, -0.05) is 51.5 Å². The van der Waals surface area contributed by atoms with Crippen molar-refractivity contribution >= 4 is 11.6 Å². The molecule has 0 fully saturated rings. The van der Waals surface area contributed by atoms with Crippen LogP contribution in [-0.2, 0) is 23.2 Å². The van der Waals surface area contributed by atoms with Crippen LogP contribution in [0.5, 0.6) is 5.75 Å². The maximum absolute atomic E-state index is 12.6. The molecule has 1 aliphatic rings. The van der Waals surface area contributed by atoms with Gasteiger partial charge in [0.05, 0.1) is 0 Å². The highest BCUT2D eigenvalue weighted by atomic mass is 16.5. The number of aromatic nitrogens is 3. The largest absolute Gasteiger partial charge is 0.484 e. The summed E-state index contributed by atoms with van der Waals surface area (Å²) in [7, 11) is 0. The fraction of sp³-hybridized carbons (Fsp3) is 0.423. The zero-order valence-electron chi connectivity index (χ0n) is 19.4. The van der Waals surface area contributed by atoms with Gasteiger partial charge in [-0.15, -0.1) is 10.2 Å². The van der Waals surface area contributed by atoms with Gasteiger partial charge >= 0.3 is 0 Å². The molecule has 0 saturated heterocycles. The van der Waals surface area contributed by atoms with E-state index in [4.69, 9.17) is 4.74 Å². The van der Waals surface area contributed by atoms with Crippen molar-refractivity contribution in [1.82, 2.24) is 14.8 Å². The Kier molecular flexibility index (Phi) is 6.31. The lowest BCUT2D eigenvalue weighted by molar-refractivity contribution is -0.118. The lowest BCUT2D eigenvalue weighted by atomic mass is 9.87. The maximum Gasteiger partial charge on any atom is 0.262 e. The van der Waals surface area contributed by atoms with Crippen molar-refractivity contribution in [3.63, 3.8) is 0 Å². The number of carbonyl (C=O) groups excluding carboxylic acids is 1. The van der Waals surface area contributed by atoms with Gasteiger partial charge in [0.1, 0.15) is 11.6 Å². The van der Waals surface area contributed by atoms with Gasteiger partial charge in [-0.25, -0.2) is 0 Å². The van der Waals surface area contributed by atoms with Crippen molar-refractivity contribution in [2.24, 2.45) is 0 Å². The maximum atomic E-state index is 12.6. The standard InChI is InChI=1S/C26H32N4O2/c1-18-12-13-19(25-29-28-23-11-6-5-7-14-30(23)25)15-22(18)27-24(31)17-32-21-10-8-9-20(16-21)26(2,3)4/h8-10,12-13,15-16H,5-7,11,14,17H2,1-4H3,(H,27,31). The first kappa shape index (κ1) is 22.1. The first-order chi connectivity index (χ1) is 15.3. The summed E-state index contributed by atoms with van der Waals surface area (Å²) >= 11 is 0. The van der Waals surface area contributed by atoms with E-state index in [2.05, 4.69) is 46.9 Å². The van der Waals surface area contributed by atoms with Crippen molar-refractivity contribution in [1.29, 1.82) is 0 Å². The van der Waals surface area contributed by atoms with Gasteiger partial charge in [-0.05, 0) is 54.5 Å². The van der Waals surface area contributed by atoms with Crippen molar-refractivity contribution in [2.75, 3.05) is 11.9 Å². The molecule has 6 heteroatoms. The Balaban J connectivity index is 1.46. The highest BCUT2D eigenvalue weighted by Crippen LogP contribution is 2.28. The van der Waals surface area contributed by atoms with Gasteiger partial charge in [0.2, 0.25) is 0 Å². The zero-order valence-corrected chi connectivity index (χ0v) is 19.4. The molecule has 3 aromatic rings. The molecular weight excluding hydrogens is 400 g/mol. The summed E-state index contributed by atoms with van der Waals surface area (Å²) in [6, 6.07) is 14.0. The third-order valence-electron chi connectivity index (χ3n) is 5.95. The van der Waals surface area contributed by atoms with Crippen LogP contribution in [0.2, 0.25) is 0 Å². The Bertz CT molecular complexity index is 1110. The van der Waals surface area contributed by atoms with E-state index >= 15 is 0 Å². The molecule has 0 atom stereocenters. The number of anilines is 1. The SMILES string of the molecule is Cc1ccc(-c2nnc3n2CCCCC3)cc1NC(=O)COc1cccc(C(C)(C)C)c1. The highest BCUT2D eigenvalue weighted by Gasteiger charge is 2.18. The fourth-order valence-corrected chi connectivity index (χ4v) is 3.98. The number of nitrogens with one attached hydrogen (secondary N) is 1. The number of hydrogen-bond donors (Lipinski definition) is 1. The number of amides is 1. The Morgan fingerprint density at radius 3 is 2.75 bits per heavy atom. The lowest BCUT2D eigenvalue weighted by Crippen LogP contribution is -2.21. The summed E-state index contributed by atoms with van der Waals surface area (Å²) in [6.45, 7) is 9.35. The van der Waals surface area contributed by atoms with Crippen LogP contribution in [-0.4, -0.2) is 27.3 Å². The molecule has 1 aromatic heterocycles. The molecule has 0 bridgehead atoms. The van der Waals surface area contributed by atoms with E-state index in [-0.39, 0.29) is 17.9 Å². The molecule has 0 saturated carbocycles. The molecule has 2 aromatic carbocycles. The summed E-state index contributed by atoms with van der Waals surface area (Å²) in [5, 5.41) is 11.8. The molecule has 0 radical (unpaired) electrons. The molecule has 1 N–H and O–H groups in total. The van der Waals surface area contributed by atoms with Gasteiger partial charge in [0.25, 0.3) is 5.91 Å². The van der Waals surface area contributed by atoms with E-state index < -0.39 is 0 Å². The molecule has 0 unspecified atom stereocenters. The third-order valence-corrected chi connectivity index (χ3v) is 5.95. The third kappa shape index (κ3) is 5.01. The Hall–Kier alpha value is -3.15. The van der Waals surface area contributed by atoms with Gasteiger partial charge in [0, 0.05) is 24.2 Å². The van der Waals surface area contributed by atoms with Crippen LogP contribution >= 0.6 is 0 Å². The lowest BCUT2D eigenvalue weighted by Gasteiger charge is -2.19. The van der Waals surface area contributed by atoms with Gasteiger partial charge in [0.15, 0.2) is 12.4 Å². The van der Waals surface area contributed by atoms with Crippen LogP contribution in [0.15, 0.2) is 42.5 Å². The molecule has 4 rings (SSSR count). The first-order valence-corrected chi connectivity index (χ1v) is 11.4. The van der Waals surface area contributed by atoms with E-state index in [1.807, 2.05) is 43.3 Å². The second kappa shape index (κ2) is 9.15. The van der Waals surface area contributed by atoms with E-state index in [9.17, 15) is 4.79 Å². The summed E-state index contributed by atoms with van der Waals surface area (Å²) in [4.78, 5) is 12.6. The molecule has 1 aliphatic heterocycles. The highest BCUT2D eigenvalue weighted by molar-refractivity contribution is 5.93. The van der Waals surface area contributed by atoms with Crippen LogP contribution in [0.25, 0.3) is 11.4 Å². The topological polar surface area (TPSA) is 69.0 Å². The average molecular weight is 433 g/mol. The zero-order chi connectivity index (χ0) is 22.7. The minimum absolute atomic E-state index is 0.0269. The van der Waals surface area contributed by atoms with Crippen LogP contribution in [0.3, 0.4) is 0 Å². The number of fused-ring (bicyclic) bond motifs is 1. The van der Waals surface area contributed by atoms with Crippen molar-refractivity contribution in [3.05, 3.63) is 59.4 Å². The van der Waals surface area contributed by atoms with Gasteiger partial charge < -0.3 is 14.6 Å². The molecule has 6 nitrogen and oxygen atoms in total. The predicted molar refractivity (Wildman–Crippen MR) is 127 cm³/mol. The Morgan fingerprint density at radius 1 is 1.09 bits per heavy atom. The van der Waals surface area contributed by atoms with Crippen LogP contribution in [0.4, 0.5) is 5.69 Å². The molecule has 168 valence electrons. The number of nitrogens with zero attached hydrogens (tertiary/aromatic N) is 3. The first-order valence-electron chi connectivity index (χ1n) is 11.4. The van der Waals surface area contributed by atoms with E-state index in [1.54, 1.807) is 0 Å². The van der Waals surface area contributed by atoms with E-state index in [0.717, 1.165) is 54.3 Å². The summed E-state index contributed by atoms with van der Waals surface area (Å²) in [5.74, 6) is 2.43. The molecular formula is C26H32N4O2. The van der Waals surface area contributed by atoms with Gasteiger partial charge in [-0.3, -0.25) is 4.79 Å². The van der Waals surface area contributed by atoms with Crippen molar-refractivity contribution in [2.45, 2.75) is 65.3 Å². The number of hydrogen-bond acceptors (Lipinski definition) is 4. The molecule has 0 spiro atoms. The smallest absolute Gasteiger partial charge is 0.262 e. The minimum Gasteiger partial charge on any atom is -0.484 e. The molecule has 32 heavy (non-hydrogen) atoms. The van der Waals surface area contributed by atoms with E-state index in [1.165, 1.54) is 12.0 Å². The summed E-state index contributed by atoms with van der Waals surface area (Å²) in [5.41, 5.74) is 3.92. The number of aryl methyl sites for hydroxylation is 2. The van der Waals surface area contributed by atoms with Crippen LogP contribution < -0.4 is 10.1 Å². The molecule has 0 aliphatic carbocycles. The Morgan fingerprint density at radius 2 is 1.94 bits per heavy atom. The molecule has 2 heterocycles. The minimum atomic E-state index is -0.188. The number of rotatable bonds is 5. The summed E-state index contributed by atoms with van der Waals surface area (Å²) in [6.07, 6.45) is 4.49. The van der Waals surface area contributed by atoms with Crippen LogP contribution in [0.1, 0.15) is 57.0 Å². The van der Waals surface area contributed by atoms with Crippen molar-refractivity contribution in [3.8, 4) is 17.1 Å². The molecule has 1 amide bonds. The summed E-state index contributed by atoms with van der Waals surface area (Å²) < 4.78 is 7.98. The van der Waals surface area contributed by atoms with E-state index in [0.29, 0.717) is 5.75 Å². The number of ether oxygens (including phenoxy) is 1. The fourth-order valence-electron chi connectivity index (χ4n) is 3.98. The normalized spacial score (nSPS) is 13.9. The van der Waals surface area contributed by atoms with Crippen LogP contribution in [0, 0.1) is 6.92 Å². The number of carbonyl (C=O) groups is 1. The average Bonchev–Trinajstić information content (AvgIpc) is 3.01. The Labute approximate surface area is 190 Å². The quantitative estimate of drug-likeness (QED) is 0.594. The van der Waals surface area contributed by atoms with Gasteiger partial charge in [-0.2, -0.15) is 0 Å².